The Labute approximate surface area is 230 Å². The third-order valence-electron chi connectivity index (χ3n) is 7.72. The Morgan fingerprint density at radius 2 is 1.68 bits per heavy atom. The molecule has 3 aliphatic heterocycles. The van der Waals surface area contributed by atoms with Gasteiger partial charge in [-0.3, -0.25) is 4.90 Å². The van der Waals surface area contributed by atoms with E-state index in [0.717, 1.165) is 5.56 Å². The maximum atomic E-state index is 13.2. The van der Waals surface area contributed by atoms with Gasteiger partial charge < -0.3 is 39.7 Å². The number of aliphatic hydroxyl groups excluding tert-OH is 3. The minimum Gasteiger partial charge on any atom is -0.504 e. The van der Waals surface area contributed by atoms with Crippen LogP contribution >= 0.6 is 0 Å². The fraction of sp³-hybridized carbons (Fsp3) is 0.500. The molecular weight excluding hydrogens is 548 g/mol. The summed E-state index contributed by atoms with van der Waals surface area (Å²) in [7, 11) is -2.49. The Hall–Kier alpha value is -2.98. The summed E-state index contributed by atoms with van der Waals surface area (Å²) in [6.45, 7) is 2.07. The number of carbonyl (C=O) groups is 1. The lowest BCUT2D eigenvalue weighted by Crippen LogP contribution is -2.58. The van der Waals surface area contributed by atoms with Gasteiger partial charge in [0.2, 0.25) is 15.8 Å². The predicted molar refractivity (Wildman–Crippen MR) is 137 cm³/mol. The zero-order chi connectivity index (χ0) is 28.9. The van der Waals surface area contributed by atoms with Gasteiger partial charge >= 0.3 is 5.97 Å². The van der Waals surface area contributed by atoms with E-state index in [1.165, 1.54) is 11.4 Å². The summed E-state index contributed by atoms with van der Waals surface area (Å²) in [5.74, 6) is -2.39. The van der Waals surface area contributed by atoms with Crippen LogP contribution in [0.3, 0.4) is 0 Å². The molecule has 2 saturated heterocycles. The van der Waals surface area contributed by atoms with Crippen molar-refractivity contribution in [2.45, 2.75) is 48.9 Å². The van der Waals surface area contributed by atoms with Gasteiger partial charge in [0.1, 0.15) is 24.4 Å². The highest BCUT2D eigenvalue weighted by molar-refractivity contribution is 7.89. The van der Waals surface area contributed by atoms with E-state index in [9.17, 15) is 38.7 Å². The SMILES string of the molecule is COc1c(O)c(CN2CCN(S(=O)(=O)c3ccc(C)cc3)CC2)c2c(c1O)C1O[C@H](CO)[C@@H](O)[C@H](O)C1OC2=O. The van der Waals surface area contributed by atoms with Crippen LogP contribution in [0.2, 0.25) is 0 Å². The van der Waals surface area contributed by atoms with Crippen LogP contribution < -0.4 is 4.74 Å². The van der Waals surface area contributed by atoms with Crippen molar-refractivity contribution in [1.29, 1.82) is 0 Å². The van der Waals surface area contributed by atoms with Gasteiger partial charge in [-0.05, 0) is 19.1 Å². The number of carbonyl (C=O) groups excluding carboxylic acids is 1. The van der Waals surface area contributed by atoms with E-state index in [4.69, 9.17) is 14.2 Å². The quantitative estimate of drug-likeness (QED) is 0.279. The van der Waals surface area contributed by atoms with Gasteiger partial charge in [0.15, 0.2) is 17.6 Å². The number of phenolic OH excluding ortho intramolecular Hbond substituents is 2. The van der Waals surface area contributed by atoms with Crippen molar-refractivity contribution >= 4 is 16.0 Å². The molecule has 3 heterocycles. The van der Waals surface area contributed by atoms with Crippen LogP contribution in [0.15, 0.2) is 29.2 Å². The first-order chi connectivity index (χ1) is 19.0. The smallest absolute Gasteiger partial charge is 0.339 e. The lowest BCUT2D eigenvalue weighted by atomic mass is 9.84. The van der Waals surface area contributed by atoms with Gasteiger partial charge in [-0.1, -0.05) is 17.7 Å². The maximum absolute atomic E-state index is 13.2. The molecule has 0 saturated carbocycles. The molecule has 0 spiro atoms. The molecule has 2 fully saturated rings. The second kappa shape index (κ2) is 10.8. The fourth-order valence-corrected chi connectivity index (χ4v) is 6.90. The van der Waals surface area contributed by atoms with Gasteiger partial charge in [-0.25, -0.2) is 13.2 Å². The lowest BCUT2D eigenvalue weighted by molar-refractivity contribution is -0.235. The number of ether oxygens (including phenoxy) is 3. The summed E-state index contributed by atoms with van der Waals surface area (Å²) in [4.78, 5) is 15.2. The third kappa shape index (κ3) is 4.68. The van der Waals surface area contributed by atoms with E-state index in [-0.39, 0.29) is 60.1 Å². The minimum atomic E-state index is -3.70. The summed E-state index contributed by atoms with van der Waals surface area (Å²) in [5.41, 5.74) is 0.716. The molecule has 5 N–H and O–H groups in total. The van der Waals surface area contributed by atoms with Crippen LogP contribution in [-0.2, 0) is 26.0 Å². The molecule has 0 bridgehead atoms. The molecule has 14 heteroatoms. The van der Waals surface area contributed by atoms with Crippen molar-refractivity contribution in [3.8, 4) is 17.2 Å². The summed E-state index contributed by atoms with van der Waals surface area (Å²) in [6.07, 6.45) is -7.05. The van der Waals surface area contributed by atoms with Gasteiger partial charge in [-0.2, -0.15) is 4.31 Å². The number of hydrogen-bond acceptors (Lipinski definition) is 12. The highest BCUT2D eigenvalue weighted by Gasteiger charge is 2.53. The average molecular weight is 581 g/mol. The van der Waals surface area contributed by atoms with Crippen molar-refractivity contribution in [1.82, 2.24) is 9.21 Å². The zero-order valence-electron chi connectivity index (χ0n) is 21.9. The highest BCUT2D eigenvalue weighted by atomic mass is 32.2. The average Bonchev–Trinajstić information content (AvgIpc) is 2.93. The molecule has 2 aromatic rings. The minimum absolute atomic E-state index is 0.0235. The number of esters is 1. The van der Waals surface area contributed by atoms with Crippen molar-refractivity contribution in [3.63, 3.8) is 0 Å². The molecule has 2 unspecified atom stereocenters. The molecule has 2 aromatic carbocycles. The highest BCUT2D eigenvalue weighted by Crippen LogP contribution is 2.52. The molecule has 40 heavy (non-hydrogen) atoms. The largest absolute Gasteiger partial charge is 0.504 e. The number of fused-ring (bicyclic) bond motifs is 3. The van der Waals surface area contributed by atoms with Gasteiger partial charge in [-0.15, -0.1) is 0 Å². The Balaban J connectivity index is 1.44. The van der Waals surface area contributed by atoms with Crippen LogP contribution in [0.5, 0.6) is 17.2 Å². The molecular formula is C26H32N2O11S. The van der Waals surface area contributed by atoms with Crippen LogP contribution in [0.25, 0.3) is 0 Å². The van der Waals surface area contributed by atoms with E-state index in [2.05, 4.69) is 0 Å². The lowest BCUT2D eigenvalue weighted by Gasteiger charge is -2.45. The van der Waals surface area contributed by atoms with Crippen molar-refractivity contribution in [3.05, 3.63) is 46.5 Å². The molecule has 0 amide bonds. The molecule has 0 radical (unpaired) electrons. The first-order valence-corrected chi connectivity index (χ1v) is 14.2. The first-order valence-electron chi connectivity index (χ1n) is 12.8. The van der Waals surface area contributed by atoms with Gasteiger partial charge in [0.25, 0.3) is 0 Å². The Bertz CT molecular complexity index is 1390. The van der Waals surface area contributed by atoms with Crippen molar-refractivity contribution in [2.24, 2.45) is 0 Å². The van der Waals surface area contributed by atoms with E-state index in [0.29, 0.717) is 0 Å². The van der Waals surface area contributed by atoms with E-state index >= 15 is 0 Å². The monoisotopic (exact) mass is 580 g/mol. The number of methoxy groups -OCH3 is 1. The number of benzene rings is 2. The fourth-order valence-electron chi connectivity index (χ4n) is 5.48. The van der Waals surface area contributed by atoms with Crippen LogP contribution in [0.1, 0.15) is 33.2 Å². The van der Waals surface area contributed by atoms with E-state index in [1.54, 1.807) is 24.3 Å². The summed E-state index contributed by atoms with van der Waals surface area (Å²) < 4.78 is 43.9. The number of aliphatic hydroxyl groups is 3. The maximum Gasteiger partial charge on any atom is 0.339 e. The van der Waals surface area contributed by atoms with Gasteiger partial charge in [0.05, 0.1) is 24.2 Å². The van der Waals surface area contributed by atoms with Crippen LogP contribution in [0, 0.1) is 6.92 Å². The number of hydrogen-bond donors (Lipinski definition) is 5. The Morgan fingerprint density at radius 1 is 1.02 bits per heavy atom. The van der Waals surface area contributed by atoms with Crippen LogP contribution in [0.4, 0.5) is 0 Å². The first kappa shape index (κ1) is 28.5. The third-order valence-corrected chi connectivity index (χ3v) is 9.63. The molecule has 0 aliphatic carbocycles. The topological polar surface area (TPSA) is 187 Å². The van der Waals surface area contributed by atoms with Crippen molar-refractivity contribution in [2.75, 3.05) is 39.9 Å². The van der Waals surface area contributed by atoms with E-state index < -0.39 is 64.6 Å². The predicted octanol–water partition coefficient (Wildman–Crippen LogP) is -0.386. The summed E-state index contributed by atoms with van der Waals surface area (Å²) >= 11 is 0. The standard InChI is InChI=1S/C26H32N2O11S/c1-13-3-5-14(6-4-13)40(35,36)28-9-7-27(8-10-28)11-15-17-18(21(32)24(37-2)19(15)30)23-25(39-26(17)34)22(33)20(31)16(12-29)38-23/h3-6,16,20,22-23,25,29-33H,7-12H2,1-2H3/t16-,20-,22+,23?,25?/m1/s1. The molecule has 13 nitrogen and oxygen atoms in total. The summed E-state index contributed by atoms with van der Waals surface area (Å²) in [5, 5.41) is 52.5. The Morgan fingerprint density at radius 3 is 2.27 bits per heavy atom. The number of sulfonamides is 1. The zero-order valence-corrected chi connectivity index (χ0v) is 22.7. The number of nitrogens with zero attached hydrogens (tertiary/aromatic N) is 2. The molecule has 5 atom stereocenters. The Kier molecular flexibility index (Phi) is 7.69. The second-order valence-electron chi connectivity index (χ2n) is 10.1. The number of piperazine rings is 1. The number of phenols is 2. The van der Waals surface area contributed by atoms with Gasteiger partial charge in [0, 0.05) is 43.9 Å². The molecule has 3 aliphatic rings. The normalized spacial score (nSPS) is 27.5. The molecule has 5 rings (SSSR count). The number of rotatable bonds is 6. The second-order valence-corrected chi connectivity index (χ2v) is 12.1. The number of aryl methyl sites for hydroxylation is 1. The van der Waals surface area contributed by atoms with Crippen molar-refractivity contribution < 1.29 is 53.0 Å². The molecule has 0 aromatic heterocycles. The number of aromatic hydroxyl groups is 2. The van der Waals surface area contributed by atoms with E-state index in [1.807, 2.05) is 11.8 Å². The summed E-state index contributed by atoms with van der Waals surface area (Å²) in [6, 6.07) is 6.59. The van der Waals surface area contributed by atoms with Crippen LogP contribution in [-0.4, -0.2) is 113 Å². The molecule has 218 valence electrons.